The molecule has 1 saturated carbocycles. The van der Waals surface area contributed by atoms with Crippen LogP contribution in [0.4, 0.5) is 5.69 Å². The van der Waals surface area contributed by atoms with Gasteiger partial charge in [0.1, 0.15) is 6.04 Å². The Hall–Kier alpha value is -1.88. The molecule has 28 heavy (non-hydrogen) atoms. The standard InChI is InChI=1S/C22H29ClN2O3/c1-20(2,3)25(19(28)17-21(4,5)22(17,6)7)15-12-16(26)24(18(15)27)14-10-8-13(23)9-11-14/h8-11,15,17H,12H2,1-7H3. The van der Waals surface area contributed by atoms with Crippen LogP contribution < -0.4 is 4.90 Å². The molecule has 3 rings (SSSR count). The van der Waals surface area contributed by atoms with Crippen LogP contribution in [-0.2, 0) is 14.4 Å². The molecule has 0 bridgehead atoms. The van der Waals surface area contributed by atoms with Crippen molar-refractivity contribution in [3.05, 3.63) is 29.3 Å². The summed E-state index contributed by atoms with van der Waals surface area (Å²) < 4.78 is 0. The van der Waals surface area contributed by atoms with Crippen LogP contribution in [-0.4, -0.2) is 34.2 Å². The van der Waals surface area contributed by atoms with Crippen LogP contribution in [0.15, 0.2) is 24.3 Å². The highest BCUT2D eigenvalue weighted by molar-refractivity contribution is 6.30. The predicted octanol–water partition coefficient (Wildman–Crippen LogP) is 4.28. The lowest BCUT2D eigenvalue weighted by Crippen LogP contribution is -2.55. The molecule has 1 aromatic carbocycles. The molecule has 1 unspecified atom stereocenters. The van der Waals surface area contributed by atoms with E-state index in [0.717, 1.165) is 0 Å². The second-order valence-electron chi connectivity index (χ2n) is 10.0. The van der Waals surface area contributed by atoms with Gasteiger partial charge in [-0.1, -0.05) is 39.3 Å². The number of hydrogen-bond acceptors (Lipinski definition) is 3. The zero-order chi connectivity index (χ0) is 21.2. The first-order valence-electron chi connectivity index (χ1n) is 9.67. The van der Waals surface area contributed by atoms with E-state index in [1.54, 1.807) is 29.2 Å². The number of imide groups is 1. The summed E-state index contributed by atoms with van der Waals surface area (Å²) in [5.41, 5.74) is -0.387. The zero-order valence-electron chi connectivity index (χ0n) is 17.7. The van der Waals surface area contributed by atoms with Gasteiger partial charge in [0.15, 0.2) is 0 Å². The number of anilines is 1. The van der Waals surface area contributed by atoms with E-state index >= 15 is 0 Å². The summed E-state index contributed by atoms with van der Waals surface area (Å²) in [4.78, 5) is 42.3. The molecule has 0 aromatic heterocycles. The molecular weight excluding hydrogens is 376 g/mol. The Bertz CT molecular complexity index is 822. The highest BCUT2D eigenvalue weighted by Crippen LogP contribution is 2.69. The lowest BCUT2D eigenvalue weighted by Gasteiger charge is -2.39. The van der Waals surface area contributed by atoms with Gasteiger partial charge in [0, 0.05) is 16.5 Å². The minimum atomic E-state index is -0.789. The van der Waals surface area contributed by atoms with Crippen molar-refractivity contribution in [1.82, 2.24) is 4.90 Å². The SMILES string of the molecule is CC(C)(C)N(C(=O)C1C(C)(C)C1(C)C)C1CC(=O)N(c2ccc(Cl)cc2)C1=O. The first-order chi connectivity index (χ1) is 12.7. The first-order valence-corrected chi connectivity index (χ1v) is 10.0. The fraction of sp³-hybridized carbons (Fsp3) is 0.591. The molecule has 1 aliphatic carbocycles. The van der Waals surface area contributed by atoms with Gasteiger partial charge in [0.25, 0.3) is 5.91 Å². The summed E-state index contributed by atoms with van der Waals surface area (Å²) in [6, 6.07) is 5.80. The fourth-order valence-electron chi connectivity index (χ4n) is 4.58. The van der Waals surface area contributed by atoms with Gasteiger partial charge in [0.2, 0.25) is 11.8 Å². The van der Waals surface area contributed by atoms with Crippen LogP contribution in [0.3, 0.4) is 0 Å². The smallest absolute Gasteiger partial charge is 0.257 e. The molecule has 1 heterocycles. The van der Waals surface area contributed by atoms with E-state index in [0.29, 0.717) is 10.7 Å². The van der Waals surface area contributed by atoms with Crippen LogP contribution in [0, 0.1) is 16.7 Å². The van der Waals surface area contributed by atoms with Gasteiger partial charge in [-0.3, -0.25) is 14.4 Å². The second kappa shape index (κ2) is 6.31. The zero-order valence-corrected chi connectivity index (χ0v) is 18.4. The topological polar surface area (TPSA) is 57.7 Å². The number of amides is 3. The molecule has 1 aromatic rings. The molecule has 1 aliphatic heterocycles. The van der Waals surface area contributed by atoms with Crippen LogP contribution in [0.25, 0.3) is 0 Å². The Kier molecular flexibility index (Phi) is 4.70. The molecule has 152 valence electrons. The molecule has 1 saturated heterocycles. The minimum absolute atomic E-state index is 0.00194. The highest BCUT2D eigenvalue weighted by atomic mass is 35.5. The summed E-state index contributed by atoms with van der Waals surface area (Å²) in [6.07, 6.45) is -0.00194. The van der Waals surface area contributed by atoms with Gasteiger partial charge >= 0.3 is 0 Å². The monoisotopic (exact) mass is 404 g/mol. The quantitative estimate of drug-likeness (QED) is 0.706. The third-order valence-electron chi connectivity index (χ3n) is 6.75. The van der Waals surface area contributed by atoms with E-state index in [1.165, 1.54) is 4.90 Å². The number of hydrogen-bond donors (Lipinski definition) is 0. The number of rotatable bonds is 3. The van der Waals surface area contributed by atoms with Crippen LogP contribution >= 0.6 is 11.6 Å². The minimum Gasteiger partial charge on any atom is -0.325 e. The highest BCUT2D eigenvalue weighted by Gasteiger charge is 2.70. The number of carbonyl (C=O) groups excluding carboxylic acids is 3. The first kappa shape index (κ1) is 20.8. The van der Waals surface area contributed by atoms with E-state index in [4.69, 9.17) is 11.6 Å². The molecule has 0 spiro atoms. The lowest BCUT2D eigenvalue weighted by atomic mass is 9.98. The predicted molar refractivity (Wildman–Crippen MR) is 110 cm³/mol. The number of nitrogens with zero attached hydrogens (tertiary/aromatic N) is 2. The lowest BCUT2D eigenvalue weighted by molar-refractivity contribution is -0.146. The normalized spacial score (nSPS) is 23.9. The van der Waals surface area contributed by atoms with Crippen molar-refractivity contribution < 1.29 is 14.4 Å². The number of benzene rings is 1. The average Bonchev–Trinajstić information content (AvgIpc) is 2.78. The van der Waals surface area contributed by atoms with Crippen molar-refractivity contribution in [2.24, 2.45) is 16.7 Å². The summed E-state index contributed by atoms with van der Waals surface area (Å²) >= 11 is 5.93. The molecular formula is C22H29ClN2O3. The average molecular weight is 405 g/mol. The fourth-order valence-corrected chi connectivity index (χ4v) is 4.71. The van der Waals surface area contributed by atoms with Crippen LogP contribution in [0.1, 0.15) is 54.9 Å². The van der Waals surface area contributed by atoms with Gasteiger partial charge in [0.05, 0.1) is 12.1 Å². The maximum absolute atomic E-state index is 13.5. The van der Waals surface area contributed by atoms with E-state index < -0.39 is 11.6 Å². The number of carbonyl (C=O) groups is 3. The largest absolute Gasteiger partial charge is 0.325 e. The Morgan fingerprint density at radius 3 is 2.00 bits per heavy atom. The Labute approximate surface area is 172 Å². The summed E-state index contributed by atoms with van der Waals surface area (Å²) in [5.74, 6) is -0.876. The van der Waals surface area contributed by atoms with Crippen molar-refractivity contribution in [1.29, 1.82) is 0 Å². The van der Waals surface area contributed by atoms with E-state index in [2.05, 4.69) is 27.7 Å². The molecule has 0 N–H and O–H groups in total. The molecule has 5 nitrogen and oxygen atoms in total. The van der Waals surface area contributed by atoms with Gasteiger partial charge < -0.3 is 4.90 Å². The van der Waals surface area contributed by atoms with Gasteiger partial charge in [-0.05, 0) is 55.9 Å². The van der Waals surface area contributed by atoms with Crippen molar-refractivity contribution in [3.8, 4) is 0 Å². The number of halogens is 1. The van der Waals surface area contributed by atoms with E-state index in [1.807, 2.05) is 20.8 Å². The van der Waals surface area contributed by atoms with Gasteiger partial charge in [-0.15, -0.1) is 0 Å². The Balaban J connectivity index is 1.94. The van der Waals surface area contributed by atoms with Crippen molar-refractivity contribution in [2.75, 3.05) is 4.90 Å². The van der Waals surface area contributed by atoms with Crippen molar-refractivity contribution in [2.45, 2.75) is 66.5 Å². The Morgan fingerprint density at radius 2 is 1.57 bits per heavy atom. The third-order valence-corrected chi connectivity index (χ3v) is 7.00. The second-order valence-corrected chi connectivity index (χ2v) is 10.5. The third kappa shape index (κ3) is 3.04. The van der Waals surface area contributed by atoms with E-state index in [-0.39, 0.29) is 40.9 Å². The summed E-state index contributed by atoms with van der Waals surface area (Å²) in [5, 5.41) is 0.532. The van der Waals surface area contributed by atoms with Gasteiger partial charge in [-0.2, -0.15) is 0 Å². The van der Waals surface area contributed by atoms with Crippen molar-refractivity contribution >= 4 is 35.0 Å². The molecule has 0 radical (unpaired) electrons. The molecule has 2 fully saturated rings. The molecule has 6 heteroatoms. The van der Waals surface area contributed by atoms with Gasteiger partial charge in [-0.25, -0.2) is 4.90 Å². The summed E-state index contributed by atoms with van der Waals surface area (Å²) in [7, 11) is 0. The van der Waals surface area contributed by atoms with Crippen molar-refractivity contribution in [3.63, 3.8) is 0 Å². The van der Waals surface area contributed by atoms with Crippen LogP contribution in [0.5, 0.6) is 0 Å². The summed E-state index contributed by atoms with van der Waals surface area (Å²) in [6.45, 7) is 14.1. The maximum Gasteiger partial charge on any atom is 0.257 e. The van der Waals surface area contributed by atoms with Crippen LogP contribution in [0.2, 0.25) is 5.02 Å². The molecule has 1 atom stereocenters. The van der Waals surface area contributed by atoms with E-state index in [9.17, 15) is 14.4 Å². The molecule has 3 amide bonds. The molecule has 2 aliphatic rings. The maximum atomic E-state index is 13.5. The Morgan fingerprint density at radius 1 is 1.07 bits per heavy atom.